The summed E-state index contributed by atoms with van der Waals surface area (Å²) >= 11 is 0. The molecule has 0 radical (unpaired) electrons. The highest BCUT2D eigenvalue weighted by atomic mass is 32.2. The van der Waals surface area contributed by atoms with Gasteiger partial charge in [0.2, 0.25) is 5.88 Å². The number of carbonyl (C=O) groups is 1. The molecule has 39 heavy (non-hydrogen) atoms. The van der Waals surface area contributed by atoms with Crippen molar-refractivity contribution in [3.05, 3.63) is 71.9 Å². The number of anilines is 1. The lowest BCUT2D eigenvalue weighted by Crippen LogP contribution is -2.29. The Bertz CT molecular complexity index is 1420. The van der Waals surface area contributed by atoms with Crippen LogP contribution in [0.3, 0.4) is 0 Å². The second-order valence-corrected chi connectivity index (χ2v) is 11.9. The molecule has 2 N–H and O–H groups in total. The van der Waals surface area contributed by atoms with Crippen LogP contribution in [0.5, 0.6) is 11.6 Å². The number of aromatic nitrogens is 1. The lowest BCUT2D eigenvalue weighted by Gasteiger charge is -2.19. The van der Waals surface area contributed by atoms with Gasteiger partial charge in [-0.05, 0) is 82.0 Å². The van der Waals surface area contributed by atoms with E-state index in [1.807, 2.05) is 42.8 Å². The van der Waals surface area contributed by atoms with Gasteiger partial charge in [0, 0.05) is 23.7 Å². The molecule has 208 valence electrons. The van der Waals surface area contributed by atoms with Gasteiger partial charge in [-0.25, -0.2) is 14.0 Å². The first-order valence-electron chi connectivity index (χ1n) is 12.9. The highest BCUT2D eigenvalue weighted by molar-refractivity contribution is 7.92. The van der Waals surface area contributed by atoms with Crippen molar-refractivity contribution in [2.75, 3.05) is 17.5 Å². The van der Waals surface area contributed by atoms with Crippen molar-refractivity contribution in [3.63, 3.8) is 0 Å². The second kappa shape index (κ2) is 11.6. The van der Waals surface area contributed by atoms with Crippen molar-refractivity contribution in [3.8, 4) is 22.8 Å². The van der Waals surface area contributed by atoms with Crippen LogP contribution in [0.2, 0.25) is 0 Å². The average molecular weight is 554 g/mol. The molecule has 2 heterocycles. The fourth-order valence-corrected chi connectivity index (χ4v) is 5.48. The smallest absolute Gasteiger partial charge is 0.326 e. The van der Waals surface area contributed by atoms with Gasteiger partial charge in [-0.3, -0.25) is 4.79 Å². The molecule has 1 aliphatic rings. The van der Waals surface area contributed by atoms with E-state index >= 15 is 0 Å². The minimum atomic E-state index is -3.83. The molecule has 0 aliphatic carbocycles. The summed E-state index contributed by atoms with van der Waals surface area (Å²) in [6, 6.07) is 18.8. The predicted molar refractivity (Wildman–Crippen MR) is 150 cm³/mol. The molecule has 1 aliphatic heterocycles. The van der Waals surface area contributed by atoms with Gasteiger partial charge in [0.1, 0.15) is 12.3 Å². The minimum Gasteiger partial charge on any atom is -0.491 e. The Kier molecular flexibility index (Phi) is 8.46. The van der Waals surface area contributed by atoms with Crippen LogP contribution in [0.15, 0.2) is 60.7 Å². The maximum atomic E-state index is 12.0. The van der Waals surface area contributed by atoms with Gasteiger partial charge in [-0.2, -0.15) is 8.42 Å². The largest absolute Gasteiger partial charge is 0.491 e. The zero-order chi connectivity index (χ0) is 28.2. The maximum absolute atomic E-state index is 12.0. The number of nitrogens with zero attached hydrogens (tertiary/aromatic N) is 2. The summed E-state index contributed by atoms with van der Waals surface area (Å²) in [5.74, 6) is 0.605. The molecule has 1 atom stereocenters. The van der Waals surface area contributed by atoms with Crippen LogP contribution in [-0.4, -0.2) is 49.3 Å². The Labute approximate surface area is 230 Å². The molecule has 10 heteroatoms. The lowest BCUT2D eigenvalue weighted by atomic mass is 9.95. The van der Waals surface area contributed by atoms with E-state index in [4.69, 9.17) is 9.47 Å². The number of benzene rings is 2. The van der Waals surface area contributed by atoms with Crippen molar-refractivity contribution in [1.29, 1.82) is 0 Å². The SMILES string of the molecule is Cc1nc(OCCC(C)(C)O)ccc1-c1ccccc1CC[C@H](C)Oc1ccc(N2CC(=O)NS2(=O)=O)cc1. The summed E-state index contributed by atoms with van der Waals surface area (Å²) < 4.78 is 38.9. The molecular formula is C29H35N3O6S. The molecule has 1 fully saturated rings. The van der Waals surface area contributed by atoms with Crippen LogP contribution in [0, 0.1) is 6.92 Å². The van der Waals surface area contributed by atoms with Crippen molar-refractivity contribution in [1.82, 2.24) is 9.71 Å². The van der Waals surface area contributed by atoms with Gasteiger partial charge in [0.15, 0.2) is 0 Å². The Hall–Kier alpha value is -3.63. The number of aliphatic hydroxyl groups is 1. The van der Waals surface area contributed by atoms with Gasteiger partial charge in [0.25, 0.3) is 5.91 Å². The first-order chi connectivity index (χ1) is 18.4. The van der Waals surface area contributed by atoms with E-state index in [0.717, 1.165) is 34.0 Å². The molecule has 0 saturated carbocycles. The molecule has 3 aromatic rings. The van der Waals surface area contributed by atoms with E-state index in [0.29, 0.717) is 30.3 Å². The van der Waals surface area contributed by atoms with Gasteiger partial charge in [0.05, 0.1) is 24.0 Å². The van der Waals surface area contributed by atoms with Gasteiger partial charge in [-0.15, -0.1) is 0 Å². The summed E-state index contributed by atoms with van der Waals surface area (Å²) in [5.41, 5.74) is 3.81. The summed E-state index contributed by atoms with van der Waals surface area (Å²) in [5, 5.41) is 9.88. The van der Waals surface area contributed by atoms with Gasteiger partial charge >= 0.3 is 10.2 Å². The molecule has 1 saturated heterocycles. The number of rotatable bonds is 11. The van der Waals surface area contributed by atoms with Crippen molar-refractivity contribution in [2.24, 2.45) is 0 Å². The lowest BCUT2D eigenvalue weighted by molar-refractivity contribution is -0.117. The van der Waals surface area contributed by atoms with Gasteiger partial charge < -0.3 is 14.6 Å². The van der Waals surface area contributed by atoms with Crippen LogP contribution >= 0.6 is 0 Å². The zero-order valence-corrected chi connectivity index (χ0v) is 23.5. The zero-order valence-electron chi connectivity index (χ0n) is 22.7. The number of carbonyl (C=O) groups excluding carboxylic acids is 1. The summed E-state index contributed by atoms with van der Waals surface area (Å²) in [7, 11) is -3.83. The Morgan fingerprint density at radius 3 is 2.44 bits per heavy atom. The molecule has 2 aromatic carbocycles. The molecular weight excluding hydrogens is 518 g/mol. The summed E-state index contributed by atoms with van der Waals surface area (Å²) in [6.45, 7) is 7.62. The van der Waals surface area contributed by atoms with Crippen molar-refractivity contribution in [2.45, 2.75) is 58.7 Å². The molecule has 1 aromatic heterocycles. The highest BCUT2D eigenvalue weighted by Gasteiger charge is 2.33. The first-order valence-corrected chi connectivity index (χ1v) is 14.4. The molecule has 0 bridgehead atoms. The Morgan fingerprint density at radius 2 is 1.79 bits per heavy atom. The predicted octanol–water partition coefficient (Wildman–Crippen LogP) is 4.18. The van der Waals surface area contributed by atoms with Crippen molar-refractivity contribution < 1.29 is 27.8 Å². The molecule has 4 rings (SSSR count). The monoisotopic (exact) mass is 553 g/mol. The van der Waals surface area contributed by atoms with Crippen molar-refractivity contribution >= 4 is 21.8 Å². The number of aryl methyl sites for hydroxylation is 2. The normalized spacial score (nSPS) is 15.6. The molecule has 9 nitrogen and oxygen atoms in total. The van der Waals surface area contributed by atoms with E-state index in [1.54, 1.807) is 38.1 Å². The average Bonchev–Trinajstić information content (AvgIpc) is 3.14. The number of hydrogen-bond acceptors (Lipinski definition) is 7. The number of amides is 1. The van der Waals surface area contributed by atoms with Crippen LogP contribution < -0.4 is 18.5 Å². The number of nitrogens with one attached hydrogen (secondary N) is 1. The van der Waals surface area contributed by atoms with Gasteiger partial charge in [-0.1, -0.05) is 24.3 Å². The quantitative estimate of drug-likeness (QED) is 0.366. The van der Waals surface area contributed by atoms with Crippen LogP contribution in [0.4, 0.5) is 5.69 Å². The van der Waals surface area contributed by atoms with Crippen LogP contribution in [0.1, 0.15) is 44.9 Å². The third-order valence-electron chi connectivity index (χ3n) is 6.43. The highest BCUT2D eigenvalue weighted by Crippen LogP contribution is 2.30. The maximum Gasteiger partial charge on any atom is 0.326 e. The third-order valence-corrected chi connectivity index (χ3v) is 7.84. The summed E-state index contributed by atoms with van der Waals surface area (Å²) in [4.78, 5) is 16.1. The number of ether oxygens (including phenoxy) is 2. The van der Waals surface area contributed by atoms with E-state index in [1.165, 1.54) is 5.56 Å². The first kappa shape index (κ1) is 28.4. The van der Waals surface area contributed by atoms with E-state index in [2.05, 4.69) is 17.1 Å². The molecule has 1 amide bonds. The van der Waals surface area contributed by atoms with Crippen LogP contribution in [0.25, 0.3) is 11.1 Å². The molecule has 0 unspecified atom stereocenters. The minimum absolute atomic E-state index is 0.0894. The van der Waals surface area contributed by atoms with E-state index in [9.17, 15) is 18.3 Å². The van der Waals surface area contributed by atoms with E-state index < -0.39 is 21.7 Å². The third kappa shape index (κ3) is 7.48. The van der Waals surface area contributed by atoms with E-state index in [-0.39, 0.29) is 12.6 Å². The second-order valence-electron chi connectivity index (χ2n) is 10.3. The fourth-order valence-electron chi connectivity index (χ4n) is 4.33. The molecule has 0 spiro atoms. The van der Waals surface area contributed by atoms with Crippen LogP contribution in [-0.2, 0) is 21.4 Å². The number of pyridine rings is 1. The topological polar surface area (TPSA) is 118 Å². The Balaban J connectivity index is 1.37. The fraction of sp³-hybridized carbons (Fsp3) is 0.379. The number of hydrogen-bond donors (Lipinski definition) is 2. The standard InChI is InChI=1S/C29H35N3O6S/c1-20(38-24-13-11-23(12-14-24)32-19-27(33)31-39(32,35)36)9-10-22-7-5-6-8-26(22)25-15-16-28(30-21(25)2)37-18-17-29(3,4)34/h5-8,11-16,20,34H,9-10,17-19H2,1-4H3,(H,31,33)/t20-/m0/s1. The summed E-state index contributed by atoms with van der Waals surface area (Å²) in [6.07, 6.45) is 1.98. The Morgan fingerprint density at radius 1 is 1.08 bits per heavy atom.